The van der Waals surface area contributed by atoms with Crippen LogP contribution in [0, 0.1) is 6.92 Å². The van der Waals surface area contributed by atoms with Crippen LogP contribution in [0.4, 0.5) is 0 Å². The van der Waals surface area contributed by atoms with Crippen LogP contribution in [0.25, 0.3) is 0 Å². The molecule has 0 aliphatic rings. The van der Waals surface area contributed by atoms with Crippen molar-refractivity contribution >= 4 is 5.91 Å². The lowest BCUT2D eigenvalue weighted by molar-refractivity contribution is 0.0783. The number of pyridine rings is 1. The number of H-pyrrole nitrogens is 1. The number of benzene rings is 1. The second-order valence-electron chi connectivity index (χ2n) is 5.08. The fourth-order valence-corrected chi connectivity index (χ4v) is 2.15. The maximum absolute atomic E-state index is 12.3. The summed E-state index contributed by atoms with van der Waals surface area (Å²) in [5.41, 5.74) is 8.22. The number of aromatic nitrogens is 1. The van der Waals surface area contributed by atoms with E-state index in [2.05, 4.69) is 4.98 Å². The van der Waals surface area contributed by atoms with E-state index >= 15 is 0 Å². The molecule has 0 radical (unpaired) electrons. The Labute approximate surface area is 123 Å². The molecule has 0 saturated heterocycles. The van der Waals surface area contributed by atoms with Crippen molar-refractivity contribution in [3.8, 4) is 0 Å². The van der Waals surface area contributed by atoms with Gasteiger partial charge in [0.25, 0.3) is 5.91 Å². The van der Waals surface area contributed by atoms with E-state index in [-0.39, 0.29) is 16.9 Å². The molecule has 1 heterocycles. The number of nitrogens with zero attached hydrogens (tertiary/aromatic N) is 1. The van der Waals surface area contributed by atoms with Gasteiger partial charge in [0.1, 0.15) is 5.56 Å². The van der Waals surface area contributed by atoms with Crippen molar-refractivity contribution in [3.63, 3.8) is 0 Å². The second-order valence-corrected chi connectivity index (χ2v) is 5.08. The molecule has 21 heavy (non-hydrogen) atoms. The van der Waals surface area contributed by atoms with Crippen LogP contribution in [0.15, 0.2) is 41.3 Å². The molecule has 0 bridgehead atoms. The van der Waals surface area contributed by atoms with Crippen LogP contribution in [-0.2, 0) is 13.1 Å². The third-order valence-electron chi connectivity index (χ3n) is 3.28. The van der Waals surface area contributed by atoms with Crippen molar-refractivity contribution in [2.24, 2.45) is 5.73 Å². The van der Waals surface area contributed by atoms with Gasteiger partial charge in [-0.15, -0.1) is 0 Å². The summed E-state index contributed by atoms with van der Waals surface area (Å²) >= 11 is 0. The average molecular weight is 285 g/mol. The summed E-state index contributed by atoms with van der Waals surface area (Å²) in [5.74, 6) is -0.297. The van der Waals surface area contributed by atoms with Crippen molar-refractivity contribution in [3.05, 3.63) is 69.1 Å². The lowest BCUT2D eigenvalue weighted by Gasteiger charge is -2.17. The van der Waals surface area contributed by atoms with Crippen LogP contribution in [0.1, 0.15) is 27.2 Å². The van der Waals surface area contributed by atoms with Crippen molar-refractivity contribution in [1.82, 2.24) is 9.88 Å². The van der Waals surface area contributed by atoms with Crippen LogP contribution in [-0.4, -0.2) is 22.8 Å². The lowest BCUT2D eigenvalue weighted by Crippen LogP contribution is -2.30. The Morgan fingerprint density at radius 1 is 1.29 bits per heavy atom. The highest BCUT2D eigenvalue weighted by Crippen LogP contribution is 2.09. The van der Waals surface area contributed by atoms with E-state index in [4.69, 9.17) is 5.73 Å². The molecule has 0 atom stereocenters. The Morgan fingerprint density at radius 2 is 2.00 bits per heavy atom. The number of carbonyl (C=O) groups is 1. The minimum atomic E-state index is -0.297. The van der Waals surface area contributed by atoms with Crippen LogP contribution >= 0.6 is 0 Å². The Balaban J connectivity index is 2.17. The molecule has 5 nitrogen and oxygen atoms in total. The highest BCUT2D eigenvalue weighted by molar-refractivity contribution is 5.93. The fraction of sp³-hybridized carbons (Fsp3) is 0.250. The van der Waals surface area contributed by atoms with Gasteiger partial charge in [0.2, 0.25) is 0 Å². The van der Waals surface area contributed by atoms with E-state index in [1.807, 2.05) is 24.3 Å². The first-order valence-electron chi connectivity index (χ1n) is 6.74. The van der Waals surface area contributed by atoms with E-state index in [9.17, 15) is 9.59 Å². The third-order valence-corrected chi connectivity index (χ3v) is 3.28. The number of rotatable bonds is 4. The number of hydrogen-bond donors (Lipinski definition) is 2. The predicted octanol–water partition coefficient (Wildman–Crippen LogP) is 1.41. The smallest absolute Gasteiger partial charge is 0.259 e. The van der Waals surface area contributed by atoms with E-state index in [1.165, 1.54) is 17.2 Å². The largest absolute Gasteiger partial charge is 0.364 e. The monoisotopic (exact) mass is 285 g/mol. The first-order chi connectivity index (χ1) is 10.0. The van der Waals surface area contributed by atoms with Gasteiger partial charge < -0.3 is 15.6 Å². The van der Waals surface area contributed by atoms with Crippen LogP contribution < -0.4 is 11.2 Å². The first-order valence-corrected chi connectivity index (χ1v) is 6.74. The van der Waals surface area contributed by atoms with Gasteiger partial charge in [-0.3, -0.25) is 9.59 Å². The predicted molar refractivity (Wildman–Crippen MR) is 81.9 cm³/mol. The quantitative estimate of drug-likeness (QED) is 0.891. The zero-order valence-electron chi connectivity index (χ0n) is 12.2. The standard InChI is InChI=1S/C16H19N3O2/c1-11-6-15(20)14(9-18-11)16(21)19(2)10-13-5-3-4-12(7-13)8-17/h3-7,9H,8,10,17H2,1-2H3,(H,18,20). The highest BCUT2D eigenvalue weighted by Gasteiger charge is 2.15. The van der Waals surface area contributed by atoms with Crippen LogP contribution in [0.3, 0.4) is 0 Å². The molecule has 0 aliphatic carbocycles. The number of carbonyl (C=O) groups excluding carboxylic acids is 1. The molecule has 1 amide bonds. The SMILES string of the molecule is Cc1cc(=O)c(C(=O)N(C)Cc2cccc(CN)c2)c[nH]1. The third kappa shape index (κ3) is 3.58. The molecule has 0 unspecified atom stereocenters. The number of aromatic amines is 1. The van der Waals surface area contributed by atoms with Crippen molar-refractivity contribution in [1.29, 1.82) is 0 Å². The lowest BCUT2D eigenvalue weighted by atomic mass is 10.1. The summed E-state index contributed by atoms with van der Waals surface area (Å²) in [4.78, 5) is 28.6. The Kier molecular flexibility index (Phi) is 4.55. The number of hydrogen-bond acceptors (Lipinski definition) is 3. The van der Waals surface area contributed by atoms with Crippen molar-refractivity contribution < 1.29 is 4.79 Å². The van der Waals surface area contributed by atoms with E-state index in [0.29, 0.717) is 13.1 Å². The van der Waals surface area contributed by atoms with Gasteiger partial charge in [-0.05, 0) is 18.1 Å². The highest BCUT2D eigenvalue weighted by atomic mass is 16.2. The summed E-state index contributed by atoms with van der Waals surface area (Å²) in [5, 5.41) is 0. The zero-order valence-corrected chi connectivity index (χ0v) is 12.2. The van der Waals surface area contributed by atoms with Crippen molar-refractivity contribution in [2.45, 2.75) is 20.0 Å². The molecule has 1 aromatic carbocycles. The van der Waals surface area contributed by atoms with Gasteiger partial charge in [0.15, 0.2) is 5.43 Å². The van der Waals surface area contributed by atoms with Gasteiger partial charge in [0, 0.05) is 38.1 Å². The van der Waals surface area contributed by atoms with Gasteiger partial charge in [0.05, 0.1) is 0 Å². The molecule has 3 N–H and O–H groups in total. The molecule has 0 fully saturated rings. The molecule has 2 aromatic rings. The normalized spacial score (nSPS) is 10.4. The minimum Gasteiger partial charge on any atom is -0.364 e. The first kappa shape index (κ1) is 15.0. The minimum absolute atomic E-state index is 0.151. The maximum Gasteiger partial charge on any atom is 0.259 e. The number of amides is 1. The van der Waals surface area contributed by atoms with E-state index in [1.54, 1.807) is 14.0 Å². The zero-order chi connectivity index (χ0) is 15.4. The molecule has 5 heteroatoms. The van der Waals surface area contributed by atoms with E-state index < -0.39 is 0 Å². The molecular weight excluding hydrogens is 266 g/mol. The van der Waals surface area contributed by atoms with Crippen LogP contribution in [0.5, 0.6) is 0 Å². The summed E-state index contributed by atoms with van der Waals surface area (Å²) < 4.78 is 0. The Morgan fingerprint density at radius 3 is 2.67 bits per heavy atom. The molecule has 110 valence electrons. The second kappa shape index (κ2) is 6.37. The molecular formula is C16H19N3O2. The fourth-order valence-electron chi connectivity index (χ4n) is 2.15. The molecule has 0 aliphatic heterocycles. The Bertz CT molecular complexity index is 707. The van der Waals surface area contributed by atoms with Gasteiger partial charge in [-0.1, -0.05) is 24.3 Å². The Hall–Kier alpha value is -2.40. The topological polar surface area (TPSA) is 79.2 Å². The van der Waals surface area contributed by atoms with Crippen molar-refractivity contribution in [2.75, 3.05) is 7.05 Å². The van der Waals surface area contributed by atoms with Gasteiger partial charge in [-0.2, -0.15) is 0 Å². The number of nitrogens with two attached hydrogens (primary N) is 1. The van der Waals surface area contributed by atoms with Gasteiger partial charge >= 0.3 is 0 Å². The number of aryl methyl sites for hydroxylation is 1. The summed E-state index contributed by atoms with van der Waals surface area (Å²) in [6, 6.07) is 9.17. The molecule has 0 saturated carbocycles. The summed E-state index contributed by atoms with van der Waals surface area (Å²) in [7, 11) is 1.68. The van der Waals surface area contributed by atoms with E-state index in [0.717, 1.165) is 16.8 Å². The summed E-state index contributed by atoms with van der Waals surface area (Å²) in [6.45, 7) is 2.67. The average Bonchev–Trinajstić information content (AvgIpc) is 2.46. The molecule has 2 rings (SSSR count). The number of nitrogens with one attached hydrogen (secondary N) is 1. The van der Waals surface area contributed by atoms with Gasteiger partial charge in [-0.25, -0.2) is 0 Å². The maximum atomic E-state index is 12.3. The molecule has 0 spiro atoms. The molecule has 1 aromatic heterocycles. The summed E-state index contributed by atoms with van der Waals surface area (Å²) in [6.07, 6.45) is 1.47. The van der Waals surface area contributed by atoms with Crippen LogP contribution in [0.2, 0.25) is 0 Å².